The van der Waals surface area contributed by atoms with E-state index in [9.17, 15) is 13.5 Å². The lowest BCUT2D eigenvalue weighted by Gasteiger charge is -2.08. The van der Waals surface area contributed by atoms with E-state index in [1.165, 1.54) is 12.1 Å². The molecule has 2 N–H and O–H groups in total. The minimum Gasteiger partial charge on any atom is -0.393 e. The predicted molar refractivity (Wildman–Crippen MR) is 65.5 cm³/mol. The molecule has 0 saturated carbocycles. The van der Waals surface area contributed by atoms with Crippen LogP contribution in [0.4, 0.5) is 0 Å². The Morgan fingerprint density at radius 3 is 2.24 bits per heavy atom. The highest BCUT2D eigenvalue weighted by molar-refractivity contribution is 7.85. The number of rotatable bonds is 6. The minimum absolute atomic E-state index is 0.102. The van der Waals surface area contributed by atoms with Gasteiger partial charge >= 0.3 is 0 Å². The highest BCUT2D eigenvalue weighted by Crippen LogP contribution is 2.13. The summed E-state index contributed by atoms with van der Waals surface area (Å²) in [4.78, 5) is -0.102. The Bertz CT molecular complexity index is 436. The molecule has 1 aromatic carbocycles. The molecule has 0 spiro atoms. The summed E-state index contributed by atoms with van der Waals surface area (Å²) in [6, 6.07) is 6.05. The number of aliphatic hydroxyl groups excluding tert-OH is 1. The van der Waals surface area contributed by atoms with Crippen LogP contribution in [0.3, 0.4) is 0 Å². The molecule has 1 unspecified atom stereocenters. The van der Waals surface area contributed by atoms with E-state index in [0.717, 1.165) is 18.4 Å². The summed E-state index contributed by atoms with van der Waals surface area (Å²) in [7, 11) is -4.11. The van der Waals surface area contributed by atoms with Crippen molar-refractivity contribution in [2.24, 2.45) is 0 Å². The molecule has 1 aromatic rings. The van der Waals surface area contributed by atoms with Crippen LogP contribution in [0.2, 0.25) is 0 Å². The van der Waals surface area contributed by atoms with Crippen LogP contribution in [-0.4, -0.2) is 24.2 Å². The molecule has 0 saturated heterocycles. The van der Waals surface area contributed by atoms with Crippen molar-refractivity contribution >= 4 is 10.1 Å². The van der Waals surface area contributed by atoms with Crippen LogP contribution in [0, 0.1) is 0 Å². The first-order valence-corrected chi connectivity index (χ1v) is 7.12. The fraction of sp³-hybridized carbons (Fsp3) is 0.500. The molecule has 0 aromatic heterocycles. The molecule has 0 aliphatic heterocycles. The van der Waals surface area contributed by atoms with E-state index in [0.29, 0.717) is 12.8 Å². The van der Waals surface area contributed by atoms with Gasteiger partial charge in [-0.05, 0) is 37.0 Å². The van der Waals surface area contributed by atoms with Crippen molar-refractivity contribution in [1.82, 2.24) is 0 Å². The Labute approximate surface area is 102 Å². The third kappa shape index (κ3) is 4.85. The van der Waals surface area contributed by atoms with Crippen molar-refractivity contribution in [2.45, 2.75) is 43.6 Å². The third-order valence-electron chi connectivity index (χ3n) is 2.61. The highest BCUT2D eigenvalue weighted by Gasteiger charge is 2.09. The Morgan fingerprint density at radius 2 is 1.76 bits per heavy atom. The van der Waals surface area contributed by atoms with E-state index < -0.39 is 10.1 Å². The summed E-state index contributed by atoms with van der Waals surface area (Å²) in [5, 5.41) is 9.56. The van der Waals surface area contributed by atoms with Gasteiger partial charge in [-0.1, -0.05) is 25.5 Å². The van der Waals surface area contributed by atoms with Crippen LogP contribution in [0.15, 0.2) is 29.2 Å². The Hall–Kier alpha value is -0.910. The van der Waals surface area contributed by atoms with Gasteiger partial charge in [0.25, 0.3) is 10.1 Å². The maximum atomic E-state index is 10.8. The topological polar surface area (TPSA) is 74.6 Å². The van der Waals surface area contributed by atoms with E-state index in [-0.39, 0.29) is 11.0 Å². The van der Waals surface area contributed by atoms with Crippen molar-refractivity contribution in [1.29, 1.82) is 0 Å². The van der Waals surface area contributed by atoms with Crippen LogP contribution < -0.4 is 0 Å². The maximum absolute atomic E-state index is 10.8. The fourth-order valence-electron chi connectivity index (χ4n) is 1.64. The molecule has 17 heavy (non-hydrogen) atoms. The molecule has 0 fully saturated rings. The van der Waals surface area contributed by atoms with Gasteiger partial charge in [0, 0.05) is 0 Å². The Kier molecular flexibility index (Phi) is 5.11. The van der Waals surface area contributed by atoms with Gasteiger partial charge in [-0.2, -0.15) is 8.42 Å². The first kappa shape index (κ1) is 14.2. The summed E-state index contributed by atoms with van der Waals surface area (Å²) in [5.41, 5.74) is 0.951. The normalized spacial score (nSPS) is 13.6. The lowest BCUT2D eigenvalue weighted by molar-refractivity contribution is 0.154. The predicted octanol–water partition coefficient (Wildman–Crippen LogP) is 2.03. The second-order valence-corrected chi connectivity index (χ2v) is 5.52. The fourth-order valence-corrected chi connectivity index (χ4v) is 2.12. The summed E-state index contributed by atoms with van der Waals surface area (Å²) >= 11 is 0. The molecular formula is C12H18O4S. The zero-order valence-corrected chi connectivity index (χ0v) is 10.7. The van der Waals surface area contributed by atoms with Crippen LogP contribution in [0.1, 0.15) is 31.7 Å². The standard InChI is InChI=1S/C12H18O4S/c1-2-3-11(13)7-4-10-5-8-12(9-6-10)17(14,15)16/h5-6,8-9,11,13H,2-4,7H2,1H3,(H,14,15,16). The van der Waals surface area contributed by atoms with Crippen molar-refractivity contribution < 1.29 is 18.1 Å². The van der Waals surface area contributed by atoms with E-state index in [4.69, 9.17) is 4.55 Å². The number of aliphatic hydroxyl groups is 1. The molecule has 5 heteroatoms. The average Bonchev–Trinajstić information content (AvgIpc) is 2.26. The van der Waals surface area contributed by atoms with Crippen molar-refractivity contribution in [3.05, 3.63) is 29.8 Å². The van der Waals surface area contributed by atoms with E-state index in [1.54, 1.807) is 12.1 Å². The molecule has 96 valence electrons. The first-order chi connectivity index (χ1) is 7.93. The molecule has 0 aliphatic rings. The van der Waals surface area contributed by atoms with Crippen LogP contribution in [0.5, 0.6) is 0 Å². The van der Waals surface area contributed by atoms with Gasteiger partial charge in [-0.15, -0.1) is 0 Å². The summed E-state index contributed by atoms with van der Waals surface area (Å²) < 4.78 is 30.4. The highest BCUT2D eigenvalue weighted by atomic mass is 32.2. The van der Waals surface area contributed by atoms with Crippen LogP contribution in [-0.2, 0) is 16.5 Å². The second-order valence-electron chi connectivity index (χ2n) is 4.10. The quantitative estimate of drug-likeness (QED) is 0.766. The molecule has 0 aliphatic carbocycles. The van der Waals surface area contributed by atoms with Gasteiger partial charge in [-0.3, -0.25) is 4.55 Å². The van der Waals surface area contributed by atoms with Crippen LogP contribution in [0.25, 0.3) is 0 Å². The molecule has 1 atom stereocenters. The Balaban J connectivity index is 2.57. The molecule has 4 nitrogen and oxygen atoms in total. The van der Waals surface area contributed by atoms with Gasteiger partial charge < -0.3 is 5.11 Å². The second kappa shape index (κ2) is 6.14. The first-order valence-electron chi connectivity index (χ1n) is 5.68. The van der Waals surface area contributed by atoms with Gasteiger partial charge in [0.2, 0.25) is 0 Å². The number of hydrogen-bond donors (Lipinski definition) is 2. The van der Waals surface area contributed by atoms with Crippen LogP contribution >= 0.6 is 0 Å². The molecule has 0 amide bonds. The molecule has 0 radical (unpaired) electrons. The van der Waals surface area contributed by atoms with Gasteiger partial charge in [0.05, 0.1) is 11.0 Å². The lowest BCUT2D eigenvalue weighted by atomic mass is 10.0. The van der Waals surface area contributed by atoms with Crippen molar-refractivity contribution in [2.75, 3.05) is 0 Å². The largest absolute Gasteiger partial charge is 0.393 e. The van der Waals surface area contributed by atoms with Gasteiger partial charge in [0.1, 0.15) is 0 Å². The van der Waals surface area contributed by atoms with E-state index in [1.807, 2.05) is 6.92 Å². The zero-order chi connectivity index (χ0) is 12.9. The maximum Gasteiger partial charge on any atom is 0.294 e. The minimum atomic E-state index is -4.11. The van der Waals surface area contributed by atoms with E-state index >= 15 is 0 Å². The average molecular weight is 258 g/mol. The summed E-state index contributed by atoms with van der Waals surface area (Å²) in [6.07, 6.45) is 2.79. The smallest absolute Gasteiger partial charge is 0.294 e. The monoisotopic (exact) mass is 258 g/mol. The SMILES string of the molecule is CCCC(O)CCc1ccc(S(=O)(=O)O)cc1. The number of aryl methyl sites for hydroxylation is 1. The van der Waals surface area contributed by atoms with E-state index in [2.05, 4.69) is 0 Å². The third-order valence-corrected chi connectivity index (χ3v) is 3.48. The lowest BCUT2D eigenvalue weighted by Crippen LogP contribution is -2.07. The molecular weight excluding hydrogens is 240 g/mol. The molecule has 1 rings (SSSR count). The molecule has 0 heterocycles. The summed E-state index contributed by atoms with van der Waals surface area (Å²) in [6.45, 7) is 2.02. The zero-order valence-electron chi connectivity index (χ0n) is 9.83. The van der Waals surface area contributed by atoms with Crippen molar-refractivity contribution in [3.63, 3.8) is 0 Å². The molecule has 0 bridgehead atoms. The number of benzene rings is 1. The van der Waals surface area contributed by atoms with Crippen molar-refractivity contribution in [3.8, 4) is 0 Å². The summed E-state index contributed by atoms with van der Waals surface area (Å²) in [5.74, 6) is 0. The van der Waals surface area contributed by atoms with Gasteiger partial charge in [-0.25, -0.2) is 0 Å². The Morgan fingerprint density at radius 1 is 1.18 bits per heavy atom. The number of hydrogen-bond acceptors (Lipinski definition) is 3. The van der Waals surface area contributed by atoms with Gasteiger partial charge in [0.15, 0.2) is 0 Å².